The van der Waals surface area contributed by atoms with Crippen LogP contribution in [0.25, 0.3) is 11.0 Å². The van der Waals surface area contributed by atoms with Crippen molar-refractivity contribution >= 4 is 16.9 Å². The zero-order valence-electron chi connectivity index (χ0n) is 19.5. The van der Waals surface area contributed by atoms with Crippen LogP contribution in [0, 0.1) is 13.8 Å². The van der Waals surface area contributed by atoms with Crippen LogP contribution in [0.4, 0.5) is 0 Å². The van der Waals surface area contributed by atoms with Crippen LogP contribution in [0.2, 0.25) is 0 Å². The molecular formula is C28H31N3O2. The largest absolute Gasteiger partial charge is 0.493 e. The number of carbonyl (C=O) groups is 1. The van der Waals surface area contributed by atoms with Crippen molar-refractivity contribution in [2.45, 2.75) is 46.2 Å². The van der Waals surface area contributed by atoms with E-state index in [2.05, 4.69) is 28.9 Å². The summed E-state index contributed by atoms with van der Waals surface area (Å²) in [5.41, 5.74) is 5.32. The molecule has 1 atom stereocenters. The average Bonchev–Trinajstić information content (AvgIpc) is 3.18. The summed E-state index contributed by atoms with van der Waals surface area (Å²) in [5, 5.41) is 3.14. The van der Waals surface area contributed by atoms with Crippen LogP contribution in [0.1, 0.15) is 41.9 Å². The Balaban J connectivity index is 1.45. The van der Waals surface area contributed by atoms with Gasteiger partial charge in [-0.3, -0.25) is 4.79 Å². The molecule has 0 bridgehead atoms. The first-order valence-corrected chi connectivity index (χ1v) is 11.5. The summed E-state index contributed by atoms with van der Waals surface area (Å²) in [7, 11) is 0. The summed E-state index contributed by atoms with van der Waals surface area (Å²) in [4.78, 5) is 17.6. The molecule has 0 aliphatic rings. The van der Waals surface area contributed by atoms with Crippen molar-refractivity contribution in [3.05, 3.63) is 95.3 Å². The monoisotopic (exact) mass is 441 g/mol. The highest BCUT2D eigenvalue weighted by atomic mass is 16.5. The zero-order chi connectivity index (χ0) is 23.2. The number of carbonyl (C=O) groups excluding carboxylic acids is 1. The summed E-state index contributed by atoms with van der Waals surface area (Å²) in [6.07, 6.45) is 1.20. The minimum atomic E-state index is -0.203. The fourth-order valence-electron chi connectivity index (χ4n) is 4.12. The third kappa shape index (κ3) is 5.43. The van der Waals surface area contributed by atoms with Crippen molar-refractivity contribution in [3.8, 4) is 5.75 Å². The van der Waals surface area contributed by atoms with Gasteiger partial charge in [0.1, 0.15) is 11.6 Å². The van der Waals surface area contributed by atoms with Crippen molar-refractivity contribution in [2.75, 3.05) is 6.61 Å². The van der Waals surface area contributed by atoms with E-state index in [1.165, 1.54) is 0 Å². The van der Waals surface area contributed by atoms with Gasteiger partial charge in [0.05, 0.1) is 30.1 Å². The number of amides is 1. The highest BCUT2D eigenvalue weighted by molar-refractivity contribution is 5.80. The van der Waals surface area contributed by atoms with Gasteiger partial charge in [-0.2, -0.15) is 0 Å². The maximum atomic E-state index is 12.8. The first-order chi connectivity index (χ1) is 16.0. The smallest absolute Gasteiger partial charge is 0.225 e. The van der Waals surface area contributed by atoms with Gasteiger partial charge in [-0.1, -0.05) is 54.6 Å². The zero-order valence-corrected chi connectivity index (χ0v) is 19.5. The number of nitrogens with one attached hydrogen (secondary N) is 1. The van der Waals surface area contributed by atoms with Gasteiger partial charge in [0.15, 0.2) is 0 Å². The SMILES string of the molecule is Cc1ccccc1CC(=O)NC(C)c1nc2ccccc2n1CCCOc1ccccc1C. The molecule has 4 aromatic rings. The lowest BCUT2D eigenvalue weighted by Crippen LogP contribution is -2.30. The molecule has 0 fully saturated rings. The maximum absolute atomic E-state index is 12.8. The number of aromatic nitrogens is 2. The first-order valence-electron chi connectivity index (χ1n) is 11.5. The first kappa shape index (κ1) is 22.6. The van der Waals surface area contributed by atoms with E-state index in [4.69, 9.17) is 9.72 Å². The molecule has 3 aromatic carbocycles. The van der Waals surface area contributed by atoms with E-state index in [1.54, 1.807) is 0 Å². The van der Waals surface area contributed by atoms with Gasteiger partial charge >= 0.3 is 0 Å². The van der Waals surface area contributed by atoms with Crippen LogP contribution in [0.3, 0.4) is 0 Å². The van der Waals surface area contributed by atoms with Crippen LogP contribution < -0.4 is 10.1 Å². The summed E-state index contributed by atoms with van der Waals surface area (Å²) in [6, 6.07) is 24.0. The molecule has 1 amide bonds. The number of aryl methyl sites for hydroxylation is 3. The molecule has 0 saturated heterocycles. The second-order valence-electron chi connectivity index (χ2n) is 8.47. The minimum Gasteiger partial charge on any atom is -0.493 e. The second-order valence-corrected chi connectivity index (χ2v) is 8.47. The predicted molar refractivity (Wildman–Crippen MR) is 132 cm³/mol. The fourth-order valence-corrected chi connectivity index (χ4v) is 4.12. The molecule has 4 rings (SSSR count). The second kappa shape index (κ2) is 10.3. The molecule has 33 heavy (non-hydrogen) atoms. The van der Waals surface area contributed by atoms with E-state index in [1.807, 2.05) is 74.5 Å². The van der Waals surface area contributed by atoms with E-state index in [0.717, 1.165) is 52.3 Å². The summed E-state index contributed by atoms with van der Waals surface area (Å²) >= 11 is 0. The molecule has 170 valence electrons. The topological polar surface area (TPSA) is 56.2 Å². The standard InChI is InChI=1S/C28H31N3O2/c1-20-11-4-6-13-23(20)19-27(32)29-22(3)28-30-24-14-7-8-15-25(24)31(28)17-10-18-33-26-16-9-5-12-21(26)2/h4-9,11-16,22H,10,17-19H2,1-3H3,(H,29,32). The number of para-hydroxylation sites is 3. The van der Waals surface area contributed by atoms with Crippen molar-refractivity contribution in [1.29, 1.82) is 0 Å². The van der Waals surface area contributed by atoms with Crippen molar-refractivity contribution < 1.29 is 9.53 Å². The highest BCUT2D eigenvalue weighted by Gasteiger charge is 2.18. The number of ether oxygens (including phenoxy) is 1. The molecule has 1 heterocycles. The van der Waals surface area contributed by atoms with E-state index in [9.17, 15) is 4.79 Å². The van der Waals surface area contributed by atoms with Crippen molar-refractivity contribution in [3.63, 3.8) is 0 Å². The Hall–Kier alpha value is -3.60. The predicted octanol–water partition coefficient (Wildman–Crippen LogP) is 5.54. The summed E-state index contributed by atoms with van der Waals surface area (Å²) in [5.74, 6) is 1.79. The van der Waals surface area contributed by atoms with Crippen molar-refractivity contribution in [1.82, 2.24) is 14.9 Å². The lowest BCUT2D eigenvalue weighted by Gasteiger charge is -2.17. The van der Waals surface area contributed by atoms with Crippen molar-refractivity contribution in [2.24, 2.45) is 0 Å². The van der Waals surface area contributed by atoms with Crippen LogP contribution in [0.5, 0.6) is 5.75 Å². The maximum Gasteiger partial charge on any atom is 0.225 e. The Bertz CT molecular complexity index is 1240. The van der Waals surface area contributed by atoms with E-state index < -0.39 is 0 Å². The molecule has 0 radical (unpaired) electrons. The van der Waals surface area contributed by atoms with Gasteiger partial charge in [0, 0.05) is 6.54 Å². The Morgan fingerprint density at radius 2 is 1.67 bits per heavy atom. The van der Waals surface area contributed by atoms with Crippen LogP contribution in [0.15, 0.2) is 72.8 Å². The van der Waals surface area contributed by atoms with Gasteiger partial charge in [-0.05, 0) is 62.1 Å². The minimum absolute atomic E-state index is 0.00158. The van der Waals surface area contributed by atoms with Crippen LogP contribution in [-0.4, -0.2) is 22.1 Å². The fraction of sp³-hybridized carbons (Fsp3) is 0.286. The Labute approximate surface area is 195 Å². The molecule has 0 saturated carbocycles. The van der Waals surface area contributed by atoms with E-state index in [0.29, 0.717) is 13.0 Å². The number of benzene rings is 3. The molecule has 5 nitrogen and oxygen atoms in total. The van der Waals surface area contributed by atoms with E-state index in [-0.39, 0.29) is 11.9 Å². The lowest BCUT2D eigenvalue weighted by molar-refractivity contribution is -0.121. The number of fused-ring (bicyclic) bond motifs is 1. The summed E-state index contributed by atoms with van der Waals surface area (Å²) < 4.78 is 8.19. The normalized spacial score (nSPS) is 12.0. The number of nitrogens with zero attached hydrogens (tertiary/aromatic N) is 2. The number of imidazole rings is 1. The Morgan fingerprint density at radius 3 is 2.45 bits per heavy atom. The molecule has 0 aliphatic carbocycles. The molecule has 5 heteroatoms. The van der Waals surface area contributed by atoms with Gasteiger partial charge in [-0.25, -0.2) is 4.98 Å². The van der Waals surface area contributed by atoms with E-state index >= 15 is 0 Å². The molecule has 1 unspecified atom stereocenters. The highest BCUT2D eigenvalue weighted by Crippen LogP contribution is 2.22. The van der Waals surface area contributed by atoms with Gasteiger partial charge in [-0.15, -0.1) is 0 Å². The van der Waals surface area contributed by atoms with Gasteiger partial charge < -0.3 is 14.6 Å². The van der Waals surface area contributed by atoms with Crippen LogP contribution in [-0.2, 0) is 17.8 Å². The Kier molecular flexibility index (Phi) is 7.08. The molecular weight excluding hydrogens is 410 g/mol. The van der Waals surface area contributed by atoms with Gasteiger partial charge in [0.25, 0.3) is 0 Å². The third-order valence-electron chi connectivity index (χ3n) is 5.94. The Morgan fingerprint density at radius 1 is 0.970 bits per heavy atom. The van der Waals surface area contributed by atoms with Gasteiger partial charge in [0.2, 0.25) is 5.91 Å². The molecule has 0 spiro atoms. The number of rotatable bonds is 9. The average molecular weight is 442 g/mol. The lowest BCUT2D eigenvalue weighted by atomic mass is 10.1. The number of hydrogen-bond acceptors (Lipinski definition) is 3. The molecule has 1 aromatic heterocycles. The molecule has 1 N–H and O–H groups in total. The third-order valence-corrected chi connectivity index (χ3v) is 5.94. The number of hydrogen-bond donors (Lipinski definition) is 1. The van der Waals surface area contributed by atoms with Crippen LogP contribution >= 0.6 is 0 Å². The summed E-state index contributed by atoms with van der Waals surface area (Å²) in [6.45, 7) is 7.46. The quantitative estimate of drug-likeness (QED) is 0.347. The molecule has 0 aliphatic heterocycles.